The molecule has 4 aliphatic rings. The number of rotatable bonds is 4. The van der Waals surface area contributed by atoms with Crippen molar-refractivity contribution in [2.75, 3.05) is 26.2 Å². The van der Waals surface area contributed by atoms with Crippen molar-refractivity contribution in [1.29, 1.82) is 0 Å². The topological polar surface area (TPSA) is 57.5 Å². The molecular formula is C24H31N3O2. The van der Waals surface area contributed by atoms with Crippen molar-refractivity contribution in [3.63, 3.8) is 0 Å². The van der Waals surface area contributed by atoms with E-state index < -0.39 is 0 Å². The Hall–Kier alpha value is -2.11. The minimum absolute atomic E-state index is 0.0822. The number of furan rings is 1. The fourth-order valence-electron chi connectivity index (χ4n) is 5.58. The molecule has 0 radical (unpaired) electrons. The van der Waals surface area contributed by atoms with Gasteiger partial charge in [-0.1, -0.05) is 24.3 Å². The Balaban J connectivity index is 1.34. The van der Waals surface area contributed by atoms with Gasteiger partial charge in [0.15, 0.2) is 5.76 Å². The van der Waals surface area contributed by atoms with Gasteiger partial charge in [0, 0.05) is 17.6 Å². The molecular weight excluding hydrogens is 362 g/mol. The lowest BCUT2D eigenvalue weighted by atomic mass is 9.79. The van der Waals surface area contributed by atoms with Crippen LogP contribution in [0.5, 0.6) is 0 Å². The molecule has 154 valence electrons. The van der Waals surface area contributed by atoms with E-state index in [9.17, 15) is 4.79 Å². The van der Waals surface area contributed by atoms with Crippen molar-refractivity contribution in [2.24, 2.45) is 5.92 Å². The highest BCUT2D eigenvalue weighted by Gasteiger charge is 2.40. The predicted molar refractivity (Wildman–Crippen MR) is 114 cm³/mol. The van der Waals surface area contributed by atoms with Crippen molar-refractivity contribution < 1.29 is 9.21 Å². The van der Waals surface area contributed by atoms with E-state index >= 15 is 0 Å². The summed E-state index contributed by atoms with van der Waals surface area (Å²) in [4.78, 5) is 15.4. The Bertz CT molecular complexity index is 861. The maximum atomic E-state index is 12.9. The molecule has 2 atom stereocenters. The SMILES string of the molecule is C[C@H]1[C@H](NC(=O)c2ccc(-c3ccccc3C3CCNCC3)o2)C2CCN1CC2. The van der Waals surface area contributed by atoms with Gasteiger partial charge in [0.1, 0.15) is 5.76 Å². The Morgan fingerprint density at radius 3 is 2.59 bits per heavy atom. The lowest BCUT2D eigenvalue weighted by Gasteiger charge is -2.49. The molecule has 5 heterocycles. The predicted octanol–water partition coefficient (Wildman–Crippen LogP) is 3.63. The number of carbonyl (C=O) groups is 1. The maximum Gasteiger partial charge on any atom is 0.287 e. The van der Waals surface area contributed by atoms with Gasteiger partial charge in [-0.15, -0.1) is 0 Å². The van der Waals surface area contributed by atoms with E-state index in [4.69, 9.17) is 4.42 Å². The molecule has 0 unspecified atom stereocenters. The zero-order valence-corrected chi connectivity index (χ0v) is 17.2. The molecule has 1 aromatic carbocycles. The van der Waals surface area contributed by atoms with Crippen molar-refractivity contribution in [3.05, 3.63) is 47.7 Å². The first kappa shape index (κ1) is 18.9. The number of amides is 1. The van der Waals surface area contributed by atoms with Crippen LogP contribution in [-0.4, -0.2) is 49.1 Å². The zero-order valence-electron chi connectivity index (χ0n) is 17.2. The third-order valence-corrected chi connectivity index (χ3v) is 7.31. The Labute approximate surface area is 172 Å². The minimum atomic E-state index is -0.0822. The van der Waals surface area contributed by atoms with Crippen molar-refractivity contribution in [1.82, 2.24) is 15.5 Å². The summed E-state index contributed by atoms with van der Waals surface area (Å²) in [6, 6.07) is 12.9. The molecule has 1 amide bonds. The summed E-state index contributed by atoms with van der Waals surface area (Å²) < 4.78 is 6.08. The third kappa shape index (κ3) is 3.62. The smallest absolute Gasteiger partial charge is 0.287 e. The first-order valence-electron chi connectivity index (χ1n) is 11.2. The van der Waals surface area contributed by atoms with Crippen LogP contribution in [-0.2, 0) is 0 Å². The molecule has 0 spiro atoms. The lowest BCUT2D eigenvalue weighted by Crippen LogP contribution is -2.62. The van der Waals surface area contributed by atoms with E-state index in [0.717, 1.165) is 50.3 Å². The normalized spacial score (nSPS) is 29.7. The molecule has 1 aromatic heterocycles. The van der Waals surface area contributed by atoms with Gasteiger partial charge < -0.3 is 15.1 Å². The molecule has 4 aliphatic heterocycles. The van der Waals surface area contributed by atoms with E-state index in [1.807, 2.05) is 12.1 Å². The lowest BCUT2D eigenvalue weighted by molar-refractivity contribution is 0.0211. The Morgan fingerprint density at radius 1 is 1.07 bits per heavy atom. The van der Waals surface area contributed by atoms with E-state index in [0.29, 0.717) is 23.6 Å². The molecule has 0 saturated carbocycles. The summed E-state index contributed by atoms with van der Waals surface area (Å²) in [6.07, 6.45) is 4.65. The monoisotopic (exact) mass is 393 g/mol. The standard InChI is InChI=1S/C24H31N3O2/c1-16-23(18-10-14-27(16)15-11-18)26-24(28)22-7-6-21(29-22)20-5-3-2-4-19(20)17-8-12-25-13-9-17/h2-7,16-18,23,25H,8-15H2,1H3,(H,26,28)/t16-,23-/m0/s1. The number of nitrogens with zero attached hydrogens (tertiary/aromatic N) is 1. The largest absolute Gasteiger partial charge is 0.451 e. The fraction of sp³-hybridized carbons (Fsp3) is 0.542. The second-order valence-corrected chi connectivity index (χ2v) is 8.89. The molecule has 0 aliphatic carbocycles. The number of piperidine rings is 4. The van der Waals surface area contributed by atoms with Gasteiger partial charge in [0.25, 0.3) is 5.91 Å². The van der Waals surface area contributed by atoms with Gasteiger partial charge in [-0.3, -0.25) is 9.69 Å². The average Bonchev–Trinajstić information content (AvgIpc) is 3.27. The molecule has 2 aromatic rings. The number of carbonyl (C=O) groups excluding carboxylic acids is 1. The second-order valence-electron chi connectivity index (χ2n) is 8.89. The summed E-state index contributed by atoms with van der Waals surface area (Å²) in [5.41, 5.74) is 2.45. The fourth-order valence-corrected chi connectivity index (χ4v) is 5.58. The first-order valence-corrected chi connectivity index (χ1v) is 11.2. The van der Waals surface area contributed by atoms with E-state index in [-0.39, 0.29) is 11.9 Å². The molecule has 2 N–H and O–H groups in total. The first-order chi connectivity index (χ1) is 14.2. The van der Waals surface area contributed by atoms with Crippen LogP contribution < -0.4 is 10.6 Å². The van der Waals surface area contributed by atoms with Crippen molar-refractivity contribution >= 4 is 5.91 Å². The van der Waals surface area contributed by atoms with E-state index in [2.05, 4.69) is 46.7 Å². The summed E-state index contributed by atoms with van der Waals surface area (Å²) in [5.74, 6) is 2.27. The summed E-state index contributed by atoms with van der Waals surface area (Å²) in [6.45, 7) is 6.68. The van der Waals surface area contributed by atoms with Crippen LogP contribution in [0.4, 0.5) is 0 Å². The molecule has 5 nitrogen and oxygen atoms in total. The van der Waals surface area contributed by atoms with Crippen LogP contribution in [0.2, 0.25) is 0 Å². The van der Waals surface area contributed by atoms with Gasteiger partial charge in [0.2, 0.25) is 0 Å². The van der Waals surface area contributed by atoms with Gasteiger partial charge in [-0.25, -0.2) is 0 Å². The minimum Gasteiger partial charge on any atom is -0.451 e. The summed E-state index contributed by atoms with van der Waals surface area (Å²) in [7, 11) is 0. The van der Waals surface area contributed by atoms with Gasteiger partial charge in [-0.05, 0) is 88.3 Å². The molecule has 6 rings (SSSR count). The van der Waals surface area contributed by atoms with Crippen LogP contribution >= 0.6 is 0 Å². The third-order valence-electron chi connectivity index (χ3n) is 7.31. The summed E-state index contributed by atoms with van der Waals surface area (Å²) in [5, 5.41) is 6.71. The average molecular weight is 394 g/mol. The second kappa shape index (κ2) is 7.96. The zero-order chi connectivity index (χ0) is 19.8. The van der Waals surface area contributed by atoms with Gasteiger partial charge in [-0.2, -0.15) is 0 Å². The van der Waals surface area contributed by atoms with E-state index in [1.54, 1.807) is 0 Å². The van der Waals surface area contributed by atoms with E-state index in [1.165, 1.54) is 18.4 Å². The van der Waals surface area contributed by atoms with Crippen LogP contribution in [0.1, 0.15) is 54.6 Å². The van der Waals surface area contributed by atoms with Crippen LogP contribution in [0, 0.1) is 5.92 Å². The molecule has 4 saturated heterocycles. The van der Waals surface area contributed by atoms with Gasteiger partial charge in [0.05, 0.1) is 0 Å². The Kier molecular flexibility index (Phi) is 5.18. The molecule has 29 heavy (non-hydrogen) atoms. The van der Waals surface area contributed by atoms with Gasteiger partial charge >= 0.3 is 0 Å². The molecule has 4 fully saturated rings. The highest BCUT2D eigenvalue weighted by Crippen LogP contribution is 2.35. The molecule has 2 bridgehead atoms. The van der Waals surface area contributed by atoms with Crippen LogP contribution in [0.15, 0.2) is 40.8 Å². The Morgan fingerprint density at radius 2 is 1.83 bits per heavy atom. The number of benzene rings is 1. The maximum absolute atomic E-state index is 12.9. The van der Waals surface area contributed by atoms with Crippen molar-refractivity contribution in [3.8, 4) is 11.3 Å². The highest BCUT2D eigenvalue weighted by molar-refractivity contribution is 5.92. The number of hydrogen-bond acceptors (Lipinski definition) is 4. The number of hydrogen-bond donors (Lipinski definition) is 2. The van der Waals surface area contributed by atoms with Crippen LogP contribution in [0.25, 0.3) is 11.3 Å². The number of nitrogens with one attached hydrogen (secondary N) is 2. The van der Waals surface area contributed by atoms with Crippen LogP contribution in [0.3, 0.4) is 0 Å². The highest BCUT2D eigenvalue weighted by atomic mass is 16.3. The molecule has 5 heteroatoms. The number of fused-ring (bicyclic) bond motifs is 3. The summed E-state index contributed by atoms with van der Waals surface area (Å²) >= 11 is 0. The quantitative estimate of drug-likeness (QED) is 0.833. The van der Waals surface area contributed by atoms with Crippen molar-refractivity contribution in [2.45, 2.75) is 50.6 Å².